The van der Waals surface area contributed by atoms with Gasteiger partial charge in [-0.1, -0.05) is 42.5 Å². The third-order valence-electron chi connectivity index (χ3n) is 4.49. The lowest BCUT2D eigenvalue weighted by Gasteiger charge is -2.26. The largest absolute Gasteiger partial charge is 0.321 e. The molecule has 0 saturated heterocycles. The van der Waals surface area contributed by atoms with Gasteiger partial charge in [0.25, 0.3) is 0 Å². The zero-order chi connectivity index (χ0) is 13.5. The summed E-state index contributed by atoms with van der Waals surface area (Å²) in [6, 6.07) is 15.3. The van der Waals surface area contributed by atoms with E-state index in [4.69, 9.17) is 5.73 Å². The van der Waals surface area contributed by atoms with Gasteiger partial charge in [0, 0.05) is 5.54 Å². The van der Waals surface area contributed by atoms with Gasteiger partial charge in [-0.15, -0.1) is 0 Å². The van der Waals surface area contributed by atoms with Crippen LogP contribution < -0.4 is 5.73 Å². The van der Waals surface area contributed by atoms with E-state index in [-0.39, 0.29) is 5.54 Å². The fourth-order valence-corrected chi connectivity index (χ4v) is 3.18. The van der Waals surface area contributed by atoms with E-state index in [1.807, 2.05) is 0 Å². The van der Waals surface area contributed by atoms with Crippen molar-refractivity contribution in [2.45, 2.75) is 38.6 Å². The molecule has 1 aliphatic carbocycles. The van der Waals surface area contributed by atoms with Crippen LogP contribution in [0.15, 0.2) is 42.5 Å². The molecule has 0 heterocycles. The average Bonchev–Trinajstić information content (AvgIpc) is 2.73. The second kappa shape index (κ2) is 4.50. The van der Waals surface area contributed by atoms with Crippen LogP contribution in [-0.4, -0.2) is 0 Å². The number of hydrogen-bond donors (Lipinski definition) is 1. The molecule has 2 N–H and O–H groups in total. The molecular formula is C18H21N. The van der Waals surface area contributed by atoms with Gasteiger partial charge in [0.05, 0.1) is 0 Å². The van der Waals surface area contributed by atoms with E-state index >= 15 is 0 Å². The van der Waals surface area contributed by atoms with Crippen molar-refractivity contribution < 1.29 is 0 Å². The molecule has 0 aliphatic heterocycles. The first-order valence-corrected chi connectivity index (χ1v) is 7.02. The molecule has 1 atom stereocenters. The van der Waals surface area contributed by atoms with E-state index in [0.29, 0.717) is 0 Å². The molecule has 1 heteroatoms. The highest BCUT2D eigenvalue weighted by Gasteiger charge is 2.34. The summed E-state index contributed by atoms with van der Waals surface area (Å²) in [7, 11) is 0. The third kappa shape index (κ3) is 2.19. The van der Waals surface area contributed by atoms with Gasteiger partial charge in [0.15, 0.2) is 0 Å². The second-order valence-electron chi connectivity index (χ2n) is 5.91. The van der Waals surface area contributed by atoms with Crippen molar-refractivity contribution in [3.8, 4) is 0 Å². The molecule has 1 unspecified atom stereocenters. The molecule has 0 aromatic heterocycles. The molecule has 0 saturated carbocycles. The van der Waals surface area contributed by atoms with Crippen molar-refractivity contribution in [3.63, 3.8) is 0 Å². The molecule has 0 spiro atoms. The fraction of sp³-hybridized carbons (Fsp3) is 0.333. The predicted octanol–water partition coefficient (Wildman–Crippen LogP) is 3.65. The average molecular weight is 251 g/mol. The summed E-state index contributed by atoms with van der Waals surface area (Å²) in [5.74, 6) is 0. The highest BCUT2D eigenvalue weighted by molar-refractivity contribution is 5.41. The monoisotopic (exact) mass is 251 g/mol. The lowest BCUT2D eigenvalue weighted by molar-refractivity contribution is 0.439. The fourth-order valence-electron chi connectivity index (χ4n) is 3.18. The Morgan fingerprint density at radius 1 is 1.05 bits per heavy atom. The molecule has 0 radical (unpaired) electrons. The third-order valence-corrected chi connectivity index (χ3v) is 4.49. The molecule has 0 fully saturated rings. The first kappa shape index (κ1) is 12.4. The zero-order valence-corrected chi connectivity index (χ0v) is 11.7. The Labute approximate surface area is 115 Å². The highest BCUT2D eigenvalue weighted by Crippen LogP contribution is 2.37. The van der Waals surface area contributed by atoms with Crippen molar-refractivity contribution >= 4 is 0 Å². The summed E-state index contributed by atoms with van der Waals surface area (Å²) < 4.78 is 0. The Kier molecular flexibility index (Phi) is 2.94. The number of fused-ring (bicyclic) bond motifs is 1. The minimum Gasteiger partial charge on any atom is -0.321 e. The van der Waals surface area contributed by atoms with Gasteiger partial charge >= 0.3 is 0 Å². The van der Waals surface area contributed by atoms with Crippen LogP contribution in [0.25, 0.3) is 0 Å². The molecule has 19 heavy (non-hydrogen) atoms. The Bertz CT molecular complexity index is 615. The molecule has 0 amide bonds. The maximum atomic E-state index is 6.69. The van der Waals surface area contributed by atoms with Crippen molar-refractivity contribution in [2.24, 2.45) is 5.73 Å². The molecule has 1 aliphatic rings. The van der Waals surface area contributed by atoms with E-state index in [9.17, 15) is 0 Å². The van der Waals surface area contributed by atoms with Crippen LogP contribution in [0.3, 0.4) is 0 Å². The summed E-state index contributed by atoms with van der Waals surface area (Å²) >= 11 is 0. The number of benzene rings is 2. The van der Waals surface area contributed by atoms with Gasteiger partial charge < -0.3 is 5.73 Å². The molecule has 2 aromatic carbocycles. The Hall–Kier alpha value is -1.60. The number of hydrogen-bond acceptors (Lipinski definition) is 1. The lowest BCUT2D eigenvalue weighted by Crippen LogP contribution is -2.36. The minimum atomic E-state index is -0.182. The van der Waals surface area contributed by atoms with Crippen LogP contribution in [-0.2, 0) is 18.4 Å². The Morgan fingerprint density at radius 3 is 2.63 bits per heavy atom. The normalized spacial score (nSPS) is 21.4. The summed E-state index contributed by atoms with van der Waals surface area (Å²) in [5, 5.41) is 0. The van der Waals surface area contributed by atoms with Gasteiger partial charge in [-0.05, 0) is 60.9 Å². The predicted molar refractivity (Wildman–Crippen MR) is 80.2 cm³/mol. The maximum Gasteiger partial charge on any atom is 0.0456 e. The van der Waals surface area contributed by atoms with Gasteiger partial charge in [-0.25, -0.2) is 0 Å². The zero-order valence-electron chi connectivity index (χ0n) is 11.7. The van der Waals surface area contributed by atoms with Gasteiger partial charge in [0.2, 0.25) is 0 Å². The highest BCUT2D eigenvalue weighted by atomic mass is 14.8. The van der Waals surface area contributed by atoms with Crippen molar-refractivity contribution in [3.05, 3.63) is 70.3 Å². The summed E-state index contributed by atoms with van der Waals surface area (Å²) in [6.07, 6.45) is 3.10. The van der Waals surface area contributed by atoms with Crippen molar-refractivity contribution in [2.75, 3.05) is 0 Å². The van der Waals surface area contributed by atoms with Crippen LogP contribution >= 0.6 is 0 Å². The number of rotatable bonds is 2. The van der Waals surface area contributed by atoms with E-state index in [1.54, 1.807) is 0 Å². The lowest BCUT2D eigenvalue weighted by atomic mass is 9.85. The summed E-state index contributed by atoms with van der Waals surface area (Å²) in [6.45, 7) is 4.33. The van der Waals surface area contributed by atoms with Crippen LogP contribution in [0.2, 0.25) is 0 Å². The van der Waals surface area contributed by atoms with E-state index in [2.05, 4.69) is 56.3 Å². The maximum absolute atomic E-state index is 6.69. The van der Waals surface area contributed by atoms with Gasteiger partial charge in [-0.2, -0.15) is 0 Å². The SMILES string of the molecule is Cc1ccc(CC2(N)CCc3ccccc32)cc1C. The summed E-state index contributed by atoms with van der Waals surface area (Å²) in [5.41, 5.74) is 13.3. The van der Waals surface area contributed by atoms with Crippen molar-refractivity contribution in [1.82, 2.24) is 0 Å². The van der Waals surface area contributed by atoms with Gasteiger partial charge in [0.1, 0.15) is 0 Å². The van der Waals surface area contributed by atoms with Crippen LogP contribution in [0.5, 0.6) is 0 Å². The molecule has 98 valence electrons. The molecule has 2 aromatic rings. The summed E-state index contributed by atoms with van der Waals surface area (Å²) in [4.78, 5) is 0. The van der Waals surface area contributed by atoms with Crippen molar-refractivity contribution in [1.29, 1.82) is 0 Å². The first-order chi connectivity index (χ1) is 9.08. The first-order valence-electron chi connectivity index (χ1n) is 7.02. The number of aryl methyl sites for hydroxylation is 3. The van der Waals surface area contributed by atoms with Gasteiger partial charge in [-0.3, -0.25) is 0 Å². The Morgan fingerprint density at radius 2 is 1.84 bits per heavy atom. The smallest absolute Gasteiger partial charge is 0.0456 e. The molecular weight excluding hydrogens is 230 g/mol. The minimum absolute atomic E-state index is 0.182. The van der Waals surface area contributed by atoms with E-state index < -0.39 is 0 Å². The molecule has 3 rings (SSSR count). The quantitative estimate of drug-likeness (QED) is 0.866. The topological polar surface area (TPSA) is 26.0 Å². The van der Waals surface area contributed by atoms with Crippen LogP contribution in [0, 0.1) is 13.8 Å². The van der Waals surface area contributed by atoms with Crippen LogP contribution in [0.4, 0.5) is 0 Å². The van der Waals surface area contributed by atoms with E-state index in [0.717, 1.165) is 19.3 Å². The molecule has 1 nitrogen and oxygen atoms in total. The second-order valence-corrected chi connectivity index (χ2v) is 5.91. The Balaban J connectivity index is 1.93. The van der Waals surface area contributed by atoms with E-state index in [1.165, 1.54) is 27.8 Å². The standard InChI is InChI=1S/C18H21N/c1-13-7-8-15(11-14(13)2)12-18(19)10-9-16-5-3-4-6-17(16)18/h3-8,11H,9-10,12,19H2,1-2H3. The molecule has 0 bridgehead atoms. The van der Waals surface area contributed by atoms with Crippen LogP contribution in [0.1, 0.15) is 34.2 Å². The number of nitrogens with two attached hydrogens (primary N) is 1.